The molecule has 4 nitrogen and oxygen atoms in total. The molecule has 0 heterocycles. The second-order valence-electron chi connectivity index (χ2n) is 6.66. The first-order chi connectivity index (χ1) is 9.78. The van der Waals surface area contributed by atoms with E-state index in [9.17, 15) is 0 Å². The van der Waals surface area contributed by atoms with Gasteiger partial charge in [-0.3, -0.25) is 4.99 Å². The summed E-state index contributed by atoms with van der Waals surface area (Å²) in [5, 5.41) is 7.27. The first kappa shape index (κ1) is 17.3. The van der Waals surface area contributed by atoms with E-state index in [0.29, 0.717) is 23.6 Å². The summed E-state index contributed by atoms with van der Waals surface area (Å²) in [6.07, 6.45) is 10.9. The highest BCUT2D eigenvalue weighted by molar-refractivity contribution is 14.0. The Kier molecular flexibility index (Phi) is 6.17. The fraction of sp³-hybridized carbons (Fsp3) is 0.938. The van der Waals surface area contributed by atoms with Crippen LogP contribution in [0.2, 0.25) is 0 Å². The van der Waals surface area contributed by atoms with Gasteiger partial charge in [-0.05, 0) is 39.0 Å². The van der Waals surface area contributed by atoms with Gasteiger partial charge < -0.3 is 15.4 Å². The van der Waals surface area contributed by atoms with Gasteiger partial charge in [0.15, 0.2) is 5.96 Å². The van der Waals surface area contributed by atoms with Crippen molar-refractivity contribution in [3.8, 4) is 0 Å². The minimum Gasteiger partial charge on any atom is -0.378 e. The van der Waals surface area contributed by atoms with Crippen LogP contribution in [0.5, 0.6) is 0 Å². The molecule has 1 spiro atoms. The fourth-order valence-electron chi connectivity index (χ4n) is 4.24. The van der Waals surface area contributed by atoms with E-state index < -0.39 is 0 Å². The molecule has 2 atom stereocenters. The zero-order chi connectivity index (χ0) is 14.0. The Labute approximate surface area is 145 Å². The van der Waals surface area contributed by atoms with E-state index in [2.05, 4.69) is 22.5 Å². The number of ether oxygens (including phenoxy) is 1. The average Bonchev–Trinajstić information content (AvgIpc) is 2.87. The van der Waals surface area contributed by atoms with Crippen LogP contribution in [0.3, 0.4) is 0 Å². The lowest BCUT2D eigenvalue weighted by Crippen LogP contribution is -2.68. The molecule has 2 N–H and O–H groups in total. The van der Waals surface area contributed by atoms with Crippen molar-refractivity contribution in [1.82, 2.24) is 10.6 Å². The van der Waals surface area contributed by atoms with E-state index in [-0.39, 0.29) is 24.0 Å². The van der Waals surface area contributed by atoms with Gasteiger partial charge in [0.2, 0.25) is 0 Å². The van der Waals surface area contributed by atoms with Crippen LogP contribution in [-0.2, 0) is 4.74 Å². The third kappa shape index (κ3) is 3.33. The summed E-state index contributed by atoms with van der Waals surface area (Å²) in [4.78, 5) is 4.42. The second kappa shape index (κ2) is 7.49. The summed E-state index contributed by atoms with van der Waals surface area (Å²) >= 11 is 0. The van der Waals surface area contributed by atoms with Crippen molar-refractivity contribution in [1.29, 1.82) is 0 Å². The molecular formula is C16H30IN3O. The lowest BCUT2D eigenvalue weighted by atomic mass is 9.51. The molecule has 3 fully saturated rings. The molecule has 0 aromatic heterocycles. The van der Waals surface area contributed by atoms with Gasteiger partial charge in [0.1, 0.15) is 0 Å². The standard InChI is InChI=1S/C16H29N3O.HI/c1-3-20-14-11-13(16(14)9-6-10-16)19-15(17-2)18-12-7-4-5-8-12;/h12-14H,3-11H2,1-2H3,(H2,17,18,19);1H. The minimum absolute atomic E-state index is 0. The summed E-state index contributed by atoms with van der Waals surface area (Å²) in [6, 6.07) is 1.18. The number of hydrogen-bond acceptors (Lipinski definition) is 2. The molecule has 0 aliphatic heterocycles. The predicted molar refractivity (Wildman–Crippen MR) is 97.4 cm³/mol. The summed E-state index contributed by atoms with van der Waals surface area (Å²) in [5.41, 5.74) is 0.406. The van der Waals surface area contributed by atoms with Gasteiger partial charge in [0, 0.05) is 31.2 Å². The minimum atomic E-state index is 0. The van der Waals surface area contributed by atoms with E-state index in [1.54, 1.807) is 0 Å². The van der Waals surface area contributed by atoms with Crippen molar-refractivity contribution < 1.29 is 4.74 Å². The molecule has 0 saturated heterocycles. The number of aliphatic imine (C=N–C) groups is 1. The van der Waals surface area contributed by atoms with Crippen molar-refractivity contribution in [2.24, 2.45) is 10.4 Å². The number of nitrogens with zero attached hydrogens (tertiary/aromatic N) is 1. The summed E-state index contributed by atoms with van der Waals surface area (Å²) < 4.78 is 5.91. The molecule has 21 heavy (non-hydrogen) atoms. The number of hydrogen-bond donors (Lipinski definition) is 2. The van der Waals surface area contributed by atoms with Crippen molar-refractivity contribution in [3.63, 3.8) is 0 Å². The zero-order valence-electron chi connectivity index (χ0n) is 13.4. The smallest absolute Gasteiger partial charge is 0.191 e. The largest absolute Gasteiger partial charge is 0.378 e. The molecule has 3 aliphatic rings. The third-order valence-electron chi connectivity index (χ3n) is 5.67. The number of halogens is 1. The van der Waals surface area contributed by atoms with Crippen LogP contribution in [0.1, 0.15) is 58.3 Å². The van der Waals surface area contributed by atoms with Crippen molar-refractivity contribution in [2.45, 2.75) is 76.5 Å². The van der Waals surface area contributed by atoms with Gasteiger partial charge >= 0.3 is 0 Å². The van der Waals surface area contributed by atoms with Crippen molar-refractivity contribution in [3.05, 3.63) is 0 Å². The maximum atomic E-state index is 5.91. The second-order valence-corrected chi connectivity index (χ2v) is 6.66. The number of guanidine groups is 1. The summed E-state index contributed by atoms with van der Waals surface area (Å²) in [6.45, 7) is 2.95. The van der Waals surface area contributed by atoms with Crippen LogP contribution in [0.15, 0.2) is 4.99 Å². The third-order valence-corrected chi connectivity index (χ3v) is 5.67. The highest BCUT2D eigenvalue weighted by Gasteiger charge is 2.59. The maximum Gasteiger partial charge on any atom is 0.191 e. The number of rotatable bonds is 4. The summed E-state index contributed by atoms with van der Waals surface area (Å²) in [7, 11) is 1.89. The fourth-order valence-corrected chi connectivity index (χ4v) is 4.24. The van der Waals surface area contributed by atoms with Crippen LogP contribution in [0.25, 0.3) is 0 Å². The lowest BCUT2D eigenvalue weighted by Gasteiger charge is -2.61. The highest BCUT2D eigenvalue weighted by Crippen LogP contribution is 2.57. The maximum absolute atomic E-state index is 5.91. The Morgan fingerprint density at radius 1 is 1.19 bits per heavy atom. The van der Waals surface area contributed by atoms with Crippen LogP contribution in [0, 0.1) is 5.41 Å². The van der Waals surface area contributed by atoms with Gasteiger partial charge in [-0.15, -0.1) is 24.0 Å². The van der Waals surface area contributed by atoms with Crippen LogP contribution >= 0.6 is 24.0 Å². The molecule has 5 heteroatoms. The lowest BCUT2D eigenvalue weighted by molar-refractivity contribution is -0.168. The Balaban J connectivity index is 0.00000161. The molecular weight excluding hydrogens is 377 g/mol. The molecule has 122 valence electrons. The molecule has 0 bridgehead atoms. The average molecular weight is 407 g/mol. The molecule has 0 radical (unpaired) electrons. The van der Waals surface area contributed by atoms with Gasteiger partial charge in [-0.1, -0.05) is 19.3 Å². The van der Waals surface area contributed by atoms with Crippen LogP contribution in [0.4, 0.5) is 0 Å². The predicted octanol–water partition coefficient (Wildman–Crippen LogP) is 3.06. The first-order valence-corrected chi connectivity index (χ1v) is 8.40. The van der Waals surface area contributed by atoms with E-state index >= 15 is 0 Å². The highest BCUT2D eigenvalue weighted by atomic mass is 127. The molecule has 2 unspecified atom stereocenters. The van der Waals surface area contributed by atoms with E-state index in [1.807, 2.05) is 7.05 Å². The molecule has 3 rings (SSSR count). The SMILES string of the molecule is CCOC1CC(NC(=NC)NC2CCCC2)C12CCC2.I. The molecule has 0 aromatic carbocycles. The van der Waals surface area contributed by atoms with Crippen molar-refractivity contribution >= 4 is 29.9 Å². The first-order valence-electron chi connectivity index (χ1n) is 8.40. The number of nitrogens with one attached hydrogen (secondary N) is 2. The molecule has 3 saturated carbocycles. The molecule has 3 aliphatic carbocycles. The van der Waals surface area contributed by atoms with Crippen LogP contribution in [-0.4, -0.2) is 37.8 Å². The normalized spacial score (nSPS) is 31.2. The van der Waals surface area contributed by atoms with Crippen molar-refractivity contribution in [2.75, 3.05) is 13.7 Å². The van der Waals surface area contributed by atoms with E-state index in [1.165, 1.54) is 44.9 Å². The monoisotopic (exact) mass is 407 g/mol. The molecule has 0 aromatic rings. The Hall–Kier alpha value is -0.0400. The van der Waals surface area contributed by atoms with E-state index in [4.69, 9.17) is 4.74 Å². The van der Waals surface area contributed by atoms with Gasteiger partial charge in [-0.25, -0.2) is 0 Å². The molecule has 0 amide bonds. The zero-order valence-corrected chi connectivity index (χ0v) is 15.7. The van der Waals surface area contributed by atoms with Gasteiger partial charge in [0.05, 0.1) is 6.10 Å². The summed E-state index contributed by atoms with van der Waals surface area (Å²) in [5.74, 6) is 1.00. The van der Waals surface area contributed by atoms with E-state index in [0.717, 1.165) is 19.0 Å². The Morgan fingerprint density at radius 3 is 2.43 bits per heavy atom. The van der Waals surface area contributed by atoms with Crippen LogP contribution < -0.4 is 10.6 Å². The Bertz CT molecular complexity index is 365. The topological polar surface area (TPSA) is 45.6 Å². The van der Waals surface area contributed by atoms with Gasteiger partial charge in [0.25, 0.3) is 0 Å². The quantitative estimate of drug-likeness (QED) is 0.428. The Morgan fingerprint density at radius 2 is 1.90 bits per heavy atom. The van der Waals surface area contributed by atoms with Gasteiger partial charge in [-0.2, -0.15) is 0 Å².